The van der Waals surface area contributed by atoms with Crippen LogP contribution in [0.3, 0.4) is 0 Å². The van der Waals surface area contributed by atoms with Gasteiger partial charge in [-0.25, -0.2) is 0 Å². The predicted molar refractivity (Wildman–Crippen MR) is 78.6 cm³/mol. The highest BCUT2D eigenvalue weighted by atomic mass is 16.2. The Hall–Kier alpha value is -1.06. The van der Waals surface area contributed by atoms with Crippen molar-refractivity contribution in [3.05, 3.63) is 0 Å². The second-order valence-electron chi connectivity index (χ2n) is 5.65. The normalized spacial score (nSPS) is 11.7. The lowest BCUT2D eigenvalue weighted by atomic mass is 9.84. The van der Waals surface area contributed by atoms with E-state index in [1.54, 1.807) is 4.90 Å². The fraction of sp³-hybridized carbons (Fsp3) is 0.867. The number of primary amides is 1. The van der Waals surface area contributed by atoms with Crippen molar-refractivity contribution in [1.82, 2.24) is 4.90 Å². The molecular weight excluding hydrogens is 240 g/mol. The lowest BCUT2D eigenvalue weighted by Crippen LogP contribution is -2.60. The molecule has 0 bridgehead atoms. The number of carbonyl (C=O) groups is 2. The van der Waals surface area contributed by atoms with Gasteiger partial charge in [-0.15, -0.1) is 0 Å². The third-order valence-corrected chi connectivity index (χ3v) is 3.45. The summed E-state index contributed by atoms with van der Waals surface area (Å²) in [5, 5.41) is 0. The zero-order chi connectivity index (χ0) is 15.1. The molecule has 0 aromatic carbocycles. The molecule has 19 heavy (non-hydrogen) atoms. The summed E-state index contributed by atoms with van der Waals surface area (Å²) < 4.78 is 0. The maximum Gasteiger partial charge on any atom is 0.243 e. The van der Waals surface area contributed by atoms with Crippen LogP contribution in [0.4, 0.5) is 0 Å². The van der Waals surface area contributed by atoms with E-state index in [0.717, 1.165) is 12.8 Å². The number of amides is 2. The average Bonchev–Trinajstić information content (AvgIpc) is 2.34. The fourth-order valence-electron chi connectivity index (χ4n) is 2.67. The molecule has 0 saturated carbocycles. The molecule has 0 aliphatic rings. The van der Waals surface area contributed by atoms with E-state index < -0.39 is 5.54 Å². The van der Waals surface area contributed by atoms with E-state index in [-0.39, 0.29) is 11.8 Å². The van der Waals surface area contributed by atoms with Gasteiger partial charge in [0.2, 0.25) is 11.8 Å². The van der Waals surface area contributed by atoms with Crippen molar-refractivity contribution >= 4 is 11.8 Å². The lowest BCUT2D eigenvalue weighted by molar-refractivity contribution is -0.148. The van der Waals surface area contributed by atoms with Crippen LogP contribution < -0.4 is 5.73 Å². The molecule has 0 heterocycles. The molecular formula is C15H30N2O2. The quantitative estimate of drug-likeness (QED) is 0.700. The minimum absolute atomic E-state index is 0.0226. The molecule has 2 amide bonds. The van der Waals surface area contributed by atoms with Crippen LogP contribution in [-0.2, 0) is 9.59 Å². The van der Waals surface area contributed by atoms with Crippen LogP contribution in [0.5, 0.6) is 0 Å². The predicted octanol–water partition coefficient (Wildman–Crippen LogP) is 2.71. The Morgan fingerprint density at radius 3 is 1.84 bits per heavy atom. The van der Waals surface area contributed by atoms with Crippen molar-refractivity contribution in [2.45, 2.75) is 72.3 Å². The Kier molecular flexibility index (Phi) is 7.72. The molecule has 0 aromatic rings. The molecule has 0 spiro atoms. The number of nitrogens with zero attached hydrogens (tertiary/aromatic N) is 1. The van der Waals surface area contributed by atoms with Gasteiger partial charge in [0, 0.05) is 13.0 Å². The number of nitrogens with two attached hydrogens (primary N) is 1. The van der Waals surface area contributed by atoms with E-state index in [9.17, 15) is 9.59 Å². The van der Waals surface area contributed by atoms with Gasteiger partial charge in [-0.2, -0.15) is 0 Å². The number of rotatable bonds is 9. The van der Waals surface area contributed by atoms with Gasteiger partial charge in [0.25, 0.3) is 0 Å². The van der Waals surface area contributed by atoms with E-state index in [1.165, 1.54) is 0 Å². The van der Waals surface area contributed by atoms with Crippen LogP contribution in [0.25, 0.3) is 0 Å². The minimum Gasteiger partial charge on any atom is -0.368 e. The van der Waals surface area contributed by atoms with Crippen molar-refractivity contribution in [3.8, 4) is 0 Å². The molecule has 0 aliphatic heterocycles. The summed E-state index contributed by atoms with van der Waals surface area (Å²) in [6.45, 7) is 10.6. The highest BCUT2D eigenvalue weighted by Crippen LogP contribution is 2.29. The van der Waals surface area contributed by atoms with Crippen molar-refractivity contribution < 1.29 is 9.59 Å². The van der Waals surface area contributed by atoms with Gasteiger partial charge in [0.15, 0.2) is 0 Å². The summed E-state index contributed by atoms with van der Waals surface area (Å²) in [4.78, 5) is 26.1. The SMILES string of the molecule is CCCC(CCC)(C(N)=O)N(CC(C)C)C(=O)CC. The van der Waals surface area contributed by atoms with E-state index in [4.69, 9.17) is 5.73 Å². The summed E-state index contributed by atoms with van der Waals surface area (Å²) in [6, 6.07) is 0. The number of carbonyl (C=O) groups excluding carboxylic acids is 2. The molecule has 4 nitrogen and oxygen atoms in total. The van der Waals surface area contributed by atoms with Crippen LogP contribution >= 0.6 is 0 Å². The summed E-state index contributed by atoms with van der Waals surface area (Å²) >= 11 is 0. The molecule has 0 atom stereocenters. The molecule has 0 rings (SSSR count). The van der Waals surface area contributed by atoms with Crippen molar-refractivity contribution in [3.63, 3.8) is 0 Å². The Balaban J connectivity index is 5.54. The van der Waals surface area contributed by atoms with Crippen molar-refractivity contribution in [1.29, 1.82) is 0 Å². The maximum absolute atomic E-state index is 12.3. The first kappa shape index (κ1) is 17.9. The van der Waals surface area contributed by atoms with Crippen molar-refractivity contribution in [2.75, 3.05) is 6.54 Å². The van der Waals surface area contributed by atoms with E-state index in [0.29, 0.717) is 31.7 Å². The van der Waals surface area contributed by atoms with Gasteiger partial charge in [0.1, 0.15) is 5.54 Å². The molecule has 2 N–H and O–H groups in total. The zero-order valence-corrected chi connectivity index (χ0v) is 13.2. The average molecular weight is 270 g/mol. The molecule has 0 radical (unpaired) electrons. The van der Waals surface area contributed by atoms with Gasteiger partial charge in [-0.1, -0.05) is 47.5 Å². The third-order valence-electron chi connectivity index (χ3n) is 3.45. The molecule has 0 saturated heterocycles. The Labute approximate surface area is 117 Å². The minimum atomic E-state index is -0.805. The van der Waals surface area contributed by atoms with Gasteiger partial charge < -0.3 is 10.6 Å². The Bertz CT molecular complexity index is 295. The summed E-state index contributed by atoms with van der Waals surface area (Å²) in [7, 11) is 0. The van der Waals surface area contributed by atoms with E-state index >= 15 is 0 Å². The Morgan fingerprint density at radius 1 is 1.11 bits per heavy atom. The molecule has 0 fully saturated rings. The van der Waals surface area contributed by atoms with Gasteiger partial charge in [-0.05, 0) is 18.8 Å². The van der Waals surface area contributed by atoms with E-state index in [2.05, 4.69) is 13.8 Å². The van der Waals surface area contributed by atoms with Crippen LogP contribution in [-0.4, -0.2) is 28.8 Å². The summed E-state index contributed by atoms with van der Waals surface area (Å²) in [5.41, 5.74) is 4.88. The smallest absolute Gasteiger partial charge is 0.243 e. The summed E-state index contributed by atoms with van der Waals surface area (Å²) in [5.74, 6) is -0.0176. The van der Waals surface area contributed by atoms with Gasteiger partial charge >= 0.3 is 0 Å². The van der Waals surface area contributed by atoms with E-state index in [1.807, 2.05) is 20.8 Å². The Morgan fingerprint density at radius 2 is 1.58 bits per heavy atom. The van der Waals surface area contributed by atoms with Crippen molar-refractivity contribution in [2.24, 2.45) is 11.7 Å². The molecule has 112 valence electrons. The van der Waals surface area contributed by atoms with Crippen LogP contribution in [0, 0.1) is 5.92 Å². The highest BCUT2D eigenvalue weighted by molar-refractivity contribution is 5.90. The second-order valence-corrected chi connectivity index (χ2v) is 5.65. The first-order valence-electron chi connectivity index (χ1n) is 7.46. The first-order valence-corrected chi connectivity index (χ1v) is 7.46. The lowest BCUT2D eigenvalue weighted by Gasteiger charge is -2.42. The highest BCUT2D eigenvalue weighted by Gasteiger charge is 2.43. The third kappa shape index (κ3) is 4.51. The van der Waals surface area contributed by atoms with Crippen LogP contribution in [0.1, 0.15) is 66.7 Å². The standard InChI is InChI=1S/C15H30N2O2/c1-6-9-15(10-7-2,14(16)19)17(11-12(4)5)13(18)8-3/h12H,6-11H2,1-5H3,(H2,16,19). The summed E-state index contributed by atoms with van der Waals surface area (Å²) in [6.07, 6.45) is 3.39. The second kappa shape index (κ2) is 8.18. The topological polar surface area (TPSA) is 63.4 Å². The monoisotopic (exact) mass is 270 g/mol. The van der Waals surface area contributed by atoms with Gasteiger partial charge in [0.05, 0.1) is 0 Å². The first-order chi connectivity index (χ1) is 8.85. The maximum atomic E-state index is 12.3. The molecule has 0 unspecified atom stereocenters. The zero-order valence-electron chi connectivity index (χ0n) is 13.2. The van der Waals surface area contributed by atoms with Crippen LogP contribution in [0.2, 0.25) is 0 Å². The molecule has 0 aliphatic carbocycles. The van der Waals surface area contributed by atoms with Crippen LogP contribution in [0.15, 0.2) is 0 Å². The fourth-order valence-corrected chi connectivity index (χ4v) is 2.67. The van der Waals surface area contributed by atoms with Gasteiger partial charge in [-0.3, -0.25) is 9.59 Å². The molecule has 0 aromatic heterocycles. The number of hydrogen-bond acceptors (Lipinski definition) is 2. The molecule has 4 heteroatoms. The largest absolute Gasteiger partial charge is 0.368 e. The number of hydrogen-bond donors (Lipinski definition) is 1.